The summed E-state index contributed by atoms with van der Waals surface area (Å²) >= 11 is 0. The van der Waals surface area contributed by atoms with Crippen molar-refractivity contribution in [1.82, 2.24) is 5.32 Å². The molecule has 0 bridgehead atoms. The molecule has 2 atom stereocenters. The molecule has 2 aromatic carbocycles. The molecule has 2 heterocycles. The number of anilines is 4. The molecule has 4 heteroatoms. The fourth-order valence-corrected chi connectivity index (χ4v) is 4.29. The zero-order valence-electron chi connectivity index (χ0n) is 15.6. The number of nitrogens with one attached hydrogen (secondary N) is 2. The summed E-state index contributed by atoms with van der Waals surface area (Å²) in [5.74, 6) is 0. The average Bonchev–Trinajstić information content (AvgIpc) is 3.11. The molecule has 0 spiro atoms. The summed E-state index contributed by atoms with van der Waals surface area (Å²) < 4.78 is 0. The van der Waals surface area contributed by atoms with Crippen LogP contribution in [0.2, 0.25) is 0 Å². The number of nitrogens with zero attached hydrogens (tertiary/aromatic N) is 2. The SMILES string of the molecule is Cc1cc(C)c(N2c3ccccc3N[C@@H]2C)c(C)c1N1C=CN[C@H]1C. The van der Waals surface area contributed by atoms with Crippen molar-refractivity contribution in [1.29, 1.82) is 0 Å². The molecule has 0 saturated carbocycles. The molecule has 4 rings (SSSR count). The summed E-state index contributed by atoms with van der Waals surface area (Å²) in [5.41, 5.74) is 9.00. The van der Waals surface area contributed by atoms with Crippen molar-refractivity contribution in [2.24, 2.45) is 0 Å². The lowest BCUT2D eigenvalue weighted by molar-refractivity contribution is 0.681. The molecule has 4 nitrogen and oxygen atoms in total. The highest BCUT2D eigenvalue weighted by molar-refractivity contribution is 5.87. The first-order valence-electron chi connectivity index (χ1n) is 8.95. The second kappa shape index (κ2) is 5.73. The maximum absolute atomic E-state index is 3.60. The van der Waals surface area contributed by atoms with E-state index in [0.717, 1.165) is 0 Å². The second-order valence-electron chi connectivity index (χ2n) is 7.11. The van der Waals surface area contributed by atoms with Crippen molar-refractivity contribution < 1.29 is 0 Å². The first-order valence-corrected chi connectivity index (χ1v) is 8.95. The van der Waals surface area contributed by atoms with E-state index in [0.29, 0.717) is 0 Å². The Morgan fingerprint density at radius 1 is 0.920 bits per heavy atom. The van der Waals surface area contributed by atoms with Crippen LogP contribution in [0.25, 0.3) is 0 Å². The largest absolute Gasteiger partial charge is 0.370 e. The molecule has 2 aromatic rings. The quantitative estimate of drug-likeness (QED) is 0.830. The molecule has 25 heavy (non-hydrogen) atoms. The van der Waals surface area contributed by atoms with Gasteiger partial charge in [-0.25, -0.2) is 0 Å². The van der Waals surface area contributed by atoms with Crippen LogP contribution in [0.3, 0.4) is 0 Å². The second-order valence-corrected chi connectivity index (χ2v) is 7.11. The van der Waals surface area contributed by atoms with Crippen molar-refractivity contribution in [3.05, 3.63) is 59.4 Å². The molecule has 0 radical (unpaired) electrons. The van der Waals surface area contributed by atoms with E-state index in [1.807, 2.05) is 6.20 Å². The van der Waals surface area contributed by atoms with Crippen LogP contribution in [-0.4, -0.2) is 12.3 Å². The average molecular weight is 334 g/mol. The number of benzene rings is 2. The topological polar surface area (TPSA) is 30.5 Å². The number of fused-ring (bicyclic) bond motifs is 1. The van der Waals surface area contributed by atoms with Gasteiger partial charge in [-0.2, -0.15) is 0 Å². The Kier molecular flexibility index (Phi) is 3.64. The van der Waals surface area contributed by atoms with E-state index in [-0.39, 0.29) is 12.3 Å². The number of aryl methyl sites for hydroxylation is 2. The molecule has 0 amide bonds. The normalized spacial score (nSPS) is 21.3. The summed E-state index contributed by atoms with van der Waals surface area (Å²) in [6.45, 7) is 11.1. The van der Waals surface area contributed by atoms with Gasteiger partial charge in [-0.05, 0) is 63.4 Å². The van der Waals surface area contributed by atoms with Crippen LogP contribution in [0.1, 0.15) is 30.5 Å². The first kappa shape index (κ1) is 15.9. The van der Waals surface area contributed by atoms with Crippen LogP contribution in [0.4, 0.5) is 22.7 Å². The summed E-state index contributed by atoms with van der Waals surface area (Å²) in [5, 5.41) is 6.97. The third-order valence-electron chi connectivity index (χ3n) is 5.29. The van der Waals surface area contributed by atoms with Gasteiger partial charge in [-0.1, -0.05) is 18.2 Å². The van der Waals surface area contributed by atoms with Gasteiger partial charge in [0.05, 0.1) is 28.9 Å². The van der Waals surface area contributed by atoms with Crippen LogP contribution < -0.4 is 20.4 Å². The fraction of sp³-hybridized carbons (Fsp3) is 0.333. The van der Waals surface area contributed by atoms with E-state index in [9.17, 15) is 0 Å². The molecule has 2 aliphatic heterocycles. The monoisotopic (exact) mass is 334 g/mol. The third-order valence-corrected chi connectivity index (χ3v) is 5.29. The van der Waals surface area contributed by atoms with E-state index in [2.05, 4.69) is 91.6 Å². The summed E-state index contributed by atoms with van der Waals surface area (Å²) in [6.07, 6.45) is 4.67. The Bertz CT molecular complexity index is 855. The Labute approximate surface area is 150 Å². The Morgan fingerprint density at radius 2 is 1.64 bits per heavy atom. The zero-order valence-corrected chi connectivity index (χ0v) is 15.6. The van der Waals surface area contributed by atoms with Gasteiger partial charge in [0, 0.05) is 12.4 Å². The van der Waals surface area contributed by atoms with E-state index in [1.54, 1.807) is 0 Å². The van der Waals surface area contributed by atoms with Gasteiger partial charge in [-0.3, -0.25) is 0 Å². The number of hydrogen-bond acceptors (Lipinski definition) is 4. The molecular weight excluding hydrogens is 308 g/mol. The van der Waals surface area contributed by atoms with Crippen LogP contribution in [0.5, 0.6) is 0 Å². The summed E-state index contributed by atoms with van der Waals surface area (Å²) in [6, 6.07) is 10.9. The number of rotatable bonds is 2. The van der Waals surface area contributed by atoms with Crippen LogP contribution >= 0.6 is 0 Å². The van der Waals surface area contributed by atoms with Crippen molar-refractivity contribution in [3.63, 3.8) is 0 Å². The van der Waals surface area contributed by atoms with Crippen LogP contribution in [-0.2, 0) is 0 Å². The van der Waals surface area contributed by atoms with Gasteiger partial charge >= 0.3 is 0 Å². The fourth-order valence-electron chi connectivity index (χ4n) is 4.29. The molecule has 0 aliphatic carbocycles. The Balaban J connectivity index is 1.90. The van der Waals surface area contributed by atoms with Crippen LogP contribution in [0, 0.1) is 20.8 Å². The molecule has 130 valence electrons. The highest BCUT2D eigenvalue weighted by Gasteiger charge is 2.31. The van der Waals surface area contributed by atoms with Crippen molar-refractivity contribution in [2.75, 3.05) is 15.1 Å². The van der Waals surface area contributed by atoms with Crippen molar-refractivity contribution in [3.8, 4) is 0 Å². The first-order chi connectivity index (χ1) is 12.0. The predicted octanol–water partition coefficient (Wildman–Crippen LogP) is 4.75. The van der Waals surface area contributed by atoms with Gasteiger partial charge in [0.25, 0.3) is 0 Å². The zero-order chi connectivity index (χ0) is 17.7. The molecule has 0 unspecified atom stereocenters. The maximum atomic E-state index is 3.60. The van der Waals surface area contributed by atoms with Crippen molar-refractivity contribution in [2.45, 2.75) is 47.0 Å². The minimum atomic E-state index is 0.232. The molecular formula is C21H26N4. The maximum Gasteiger partial charge on any atom is 0.101 e. The highest BCUT2D eigenvalue weighted by Crippen LogP contribution is 2.45. The molecule has 0 fully saturated rings. The van der Waals surface area contributed by atoms with Gasteiger partial charge < -0.3 is 20.4 Å². The summed E-state index contributed by atoms with van der Waals surface area (Å²) in [7, 11) is 0. The standard InChI is InChI=1S/C21H26N4/c1-13-12-14(2)21(15(3)20(13)24-11-10-22-16(24)4)25-17(5)23-18-8-6-7-9-19(18)25/h6-12,16-17,22-23H,1-5H3/t16-,17+/m1/s1. The van der Waals surface area contributed by atoms with E-state index in [1.165, 1.54) is 39.4 Å². The van der Waals surface area contributed by atoms with Gasteiger partial charge in [-0.15, -0.1) is 0 Å². The molecule has 0 aromatic heterocycles. The highest BCUT2D eigenvalue weighted by atomic mass is 15.3. The Morgan fingerprint density at radius 3 is 2.36 bits per heavy atom. The Hall–Kier alpha value is -2.62. The van der Waals surface area contributed by atoms with Gasteiger partial charge in [0.15, 0.2) is 0 Å². The van der Waals surface area contributed by atoms with Crippen molar-refractivity contribution >= 4 is 22.7 Å². The van der Waals surface area contributed by atoms with Gasteiger partial charge in [0.2, 0.25) is 0 Å². The molecule has 2 N–H and O–H groups in total. The lowest BCUT2D eigenvalue weighted by Gasteiger charge is -2.33. The van der Waals surface area contributed by atoms with E-state index in [4.69, 9.17) is 0 Å². The molecule has 2 aliphatic rings. The van der Waals surface area contributed by atoms with Crippen LogP contribution in [0.15, 0.2) is 42.7 Å². The minimum Gasteiger partial charge on any atom is -0.370 e. The number of hydrogen-bond donors (Lipinski definition) is 2. The third kappa shape index (κ3) is 2.36. The lowest BCUT2D eigenvalue weighted by Crippen LogP contribution is -2.34. The smallest absolute Gasteiger partial charge is 0.101 e. The lowest BCUT2D eigenvalue weighted by atomic mass is 9.99. The number of para-hydroxylation sites is 2. The predicted molar refractivity (Wildman–Crippen MR) is 107 cm³/mol. The summed E-state index contributed by atoms with van der Waals surface area (Å²) in [4.78, 5) is 4.76. The molecule has 0 saturated heterocycles. The van der Waals surface area contributed by atoms with E-state index < -0.39 is 0 Å². The van der Waals surface area contributed by atoms with Gasteiger partial charge in [0.1, 0.15) is 6.17 Å². The minimum absolute atomic E-state index is 0.232. The van der Waals surface area contributed by atoms with E-state index >= 15 is 0 Å².